The van der Waals surface area contributed by atoms with Gasteiger partial charge in [-0.1, -0.05) is 48.0 Å². The molecule has 0 unspecified atom stereocenters. The molecule has 1 saturated heterocycles. The van der Waals surface area contributed by atoms with Crippen LogP contribution in [0.5, 0.6) is 0 Å². The van der Waals surface area contributed by atoms with Gasteiger partial charge in [-0.2, -0.15) is 0 Å². The van der Waals surface area contributed by atoms with E-state index in [1.165, 1.54) is 5.56 Å². The van der Waals surface area contributed by atoms with Crippen molar-refractivity contribution in [2.75, 3.05) is 38.0 Å². The Morgan fingerprint density at radius 2 is 1.80 bits per heavy atom. The van der Waals surface area contributed by atoms with E-state index in [9.17, 15) is 4.79 Å². The van der Waals surface area contributed by atoms with Gasteiger partial charge in [0.15, 0.2) is 0 Å². The number of nitrogens with one attached hydrogen (secondary N) is 1. The average Bonchev–Trinajstić information content (AvgIpc) is 2.64. The third kappa shape index (κ3) is 4.97. The van der Waals surface area contributed by atoms with E-state index >= 15 is 0 Å². The molecule has 132 valence electrons. The van der Waals surface area contributed by atoms with Crippen molar-refractivity contribution in [1.29, 1.82) is 0 Å². The molecule has 0 atom stereocenters. The number of carbonyl (C=O) groups excluding carboxylic acids is 1. The van der Waals surface area contributed by atoms with Crippen LogP contribution in [0.1, 0.15) is 11.1 Å². The fourth-order valence-electron chi connectivity index (χ4n) is 3.06. The summed E-state index contributed by atoms with van der Waals surface area (Å²) >= 11 is 6.02. The molecule has 5 heteroatoms. The van der Waals surface area contributed by atoms with Crippen molar-refractivity contribution in [3.05, 3.63) is 64.7 Å². The van der Waals surface area contributed by atoms with Crippen LogP contribution >= 0.6 is 11.6 Å². The molecule has 2 aromatic rings. The van der Waals surface area contributed by atoms with Gasteiger partial charge in [-0.3, -0.25) is 9.69 Å². The Morgan fingerprint density at radius 1 is 1.08 bits per heavy atom. The van der Waals surface area contributed by atoms with Crippen molar-refractivity contribution in [2.24, 2.45) is 0 Å². The maximum absolute atomic E-state index is 12.4. The number of benzene rings is 2. The Kier molecular flexibility index (Phi) is 5.95. The van der Waals surface area contributed by atoms with Crippen LogP contribution in [0.25, 0.3) is 0 Å². The summed E-state index contributed by atoms with van der Waals surface area (Å²) in [6.07, 6.45) is 0. The number of hydrogen-bond acceptors (Lipinski definition) is 3. The van der Waals surface area contributed by atoms with Gasteiger partial charge in [-0.15, -0.1) is 0 Å². The van der Waals surface area contributed by atoms with Gasteiger partial charge in [-0.05, 0) is 30.2 Å². The standard InChI is InChI=1S/C20H24ClN3O/c1-16-7-8-18(21)13-19(16)22-14-20(25)24-11-9-23(10-12-24)15-17-5-3-2-4-6-17/h2-8,13,22H,9-12,14-15H2,1H3. The van der Waals surface area contributed by atoms with E-state index in [0.717, 1.165) is 44.0 Å². The van der Waals surface area contributed by atoms with Crippen LogP contribution in [0.15, 0.2) is 48.5 Å². The lowest BCUT2D eigenvalue weighted by Gasteiger charge is -2.35. The van der Waals surface area contributed by atoms with Gasteiger partial charge in [0, 0.05) is 43.4 Å². The summed E-state index contributed by atoms with van der Waals surface area (Å²) in [5.74, 6) is 0.138. The van der Waals surface area contributed by atoms with Gasteiger partial charge in [0.25, 0.3) is 0 Å². The number of aryl methyl sites for hydroxylation is 1. The maximum atomic E-state index is 12.4. The molecule has 1 aliphatic rings. The Hall–Kier alpha value is -2.04. The molecule has 2 aromatic carbocycles. The summed E-state index contributed by atoms with van der Waals surface area (Å²) in [4.78, 5) is 16.8. The quantitative estimate of drug-likeness (QED) is 0.890. The highest BCUT2D eigenvalue weighted by atomic mass is 35.5. The highest BCUT2D eigenvalue weighted by Crippen LogP contribution is 2.20. The third-order valence-electron chi connectivity index (χ3n) is 4.60. The highest BCUT2D eigenvalue weighted by Gasteiger charge is 2.20. The Labute approximate surface area is 154 Å². The van der Waals surface area contributed by atoms with Gasteiger partial charge in [0.2, 0.25) is 5.91 Å². The van der Waals surface area contributed by atoms with Crippen LogP contribution in [0.2, 0.25) is 5.02 Å². The number of carbonyl (C=O) groups is 1. The molecule has 25 heavy (non-hydrogen) atoms. The van der Waals surface area contributed by atoms with Crippen molar-refractivity contribution in [2.45, 2.75) is 13.5 Å². The van der Waals surface area contributed by atoms with Crippen LogP contribution in [-0.4, -0.2) is 48.4 Å². The first-order valence-corrected chi connectivity index (χ1v) is 9.04. The fourth-order valence-corrected chi connectivity index (χ4v) is 3.24. The van der Waals surface area contributed by atoms with E-state index in [0.29, 0.717) is 11.6 Å². The van der Waals surface area contributed by atoms with Crippen LogP contribution in [0.4, 0.5) is 5.69 Å². The van der Waals surface area contributed by atoms with Gasteiger partial charge in [0.05, 0.1) is 6.54 Å². The molecule has 0 aromatic heterocycles. The van der Waals surface area contributed by atoms with Crippen molar-refractivity contribution in [3.8, 4) is 0 Å². The summed E-state index contributed by atoms with van der Waals surface area (Å²) < 4.78 is 0. The fraction of sp³-hybridized carbons (Fsp3) is 0.350. The van der Waals surface area contributed by atoms with E-state index in [-0.39, 0.29) is 5.91 Å². The molecule has 1 heterocycles. The normalized spacial score (nSPS) is 15.2. The van der Waals surface area contributed by atoms with Gasteiger partial charge >= 0.3 is 0 Å². The minimum absolute atomic E-state index is 0.138. The van der Waals surface area contributed by atoms with Crippen LogP contribution in [0.3, 0.4) is 0 Å². The summed E-state index contributed by atoms with van der Waals surface area (Å²) in [5.41, 5.74) is 3.33. The Balaban J connectivity index is 1.46. The molecule has 1 fully saturated rings. The molecule has 0 spiro atoms. The first kappa shape index (κ1) is 17.8. The summed E-state index contributed by atoms with van der Waals surface area (Å²) in [7, 11) is 0. The minimum Gasteiger partial charge on any atom is -0.376 e. The van der Waals surface area contributed by atoms with E-state index in [1.54, 1.807) is 0 Å². The monoisotopic (exact) mass is 357 g/mol. The molecule has 4 nitrogen and oxygen atoms in total. The summed E-state index contributed by atoms with van der Waals surface area (Å²) in [6, 6.07) is 16.1. The van der Waals surface area contributed by atoms with E-state index in [4.69, 9.17) is 11.6 Å². The number of hydrogen-bond donors (Lipinski definition) is 1. The van der Waals surface area contributed by atoms with Crippen molar-refractivity contribution in [1.82, 2.24) is 9.80 Å². The lowest BCUT2D eigenvalue weighted by Crippen LogP contribution is -2.49. The number of rotatable bonds is 5. The summed E-state index contributed by atoms with van der Waals surface area (Å²) in [5, 5.41) is 3.89. The smallest absolute Gasteiger partial charge is 0.241 e. The first-order chi connectivity index (χ1) is 12.1. The highest BCUT2D eigenvalue weighted by molar-refractivity contribution is 6.30. The molecule has 3 rings (SSSR count). The lowest BCUT2D eigenvalue weighted by atomic mass is 10.2. The lowest BCUT2D eigenvalue weighted by molar-refractivity contribution is -0.131. The second-order valence-corrected chi connectivity index (χ2v) is 6.89. The zero-order valence-electron chi connectivity index (χ0n) is 14.5. The average molecular weight is 358 g/mol. The molecule has 0 bridgehead atoms. The second kappa shape index (κ2) is 8.37. The molecule has 1 aliphatic heterocycles. The SMILES string of the molecule is Cc1ccc(Cl)cc1NCC(=O)N1CCN(Cc2ccccc2)CC1. The third-order valence-corrected chi connectivity index (χ3v) is 4.84. The molecular formula is C20H24ClN3O. The van der Waals surface area contributed by atoms with E-state index in [2.05, 4.69) is 34.5 Å². The molecule has 0 aliphatic carbocycles. The number of piperazine rings is 1. The predicted octanol–water partition coefficient (Wildman–Crippen LogP) is 3.40. The van der Waals surface area contributed by atoms with Crippen LogP contribution < -0.4 is 5.32 Å². The van der Waals surface area contributed by atoms with Crippen LogP contribution in [0, 0.1) is 6.92 Å². The molecular weight excluding hydrogens is 334 g/mol. The molecule has 0 saturated carbocycles. The Bertz CT molecular complexity index is 712. The van der Waals surface area contributed by atoms with E-state index < -0.39 is 0 Å². The van der Waals surface area contributed by atoms with Gasteiger partial charge in [-0.25, -0.2) is 0 Å². The minimum atomic E-state index is 0.138. The second-order valence-electron chi connectivity index (χ2n) is 6.46. The van der Waals surface area contributed by atoms with Gasteiger partial charge < -0.3 is 10.2 Å². The topological polar surface area (TPSA) is 35.6 Å². The number of anilines is 1. The van der Waals surface area contributed by atoms with E-state index in [1.807, 2.05) is 36.1 Å². The Morgan fingerprint density at radius 3 is 2.52 bits per heavy atom. The van der Waals surface area contributed by atoms with Crippen molar-refractivity contribution in [3.63, 3.8) is 0 Å². The van der Waals surface area contributed by atoms with Crippen molar-refractivity contribution >= 4 is 23.2 Å². The first-order valence-electron chi connectivity index (χ1n) is 8.66. The van der Waals surface area contributed by atoms with Crippen LogP contribution in [-0.2, 0) is 11.3 Å². The zero-order valence-corrected chi connectivity index (χ0v) is 15.3. The largest absolute Gasteiger partial charge is 0.376 e. The van der Waals surface area contributed by atoms with Gasteiger partial charge in [0.1, 0.15) is 0 Å². The number of nitrogens with zero attached hydrogens (tertiary/aromatic N) is 2. The zero-order chi connectivity index (χ0) is 17.6. The molecule has 1 N–H and O–H groups in total. The molecule has 1 amide bonds. The number of amides is 1. The summed E-state index contributed by atoms with van der Waals surface area (Å²) in [6.45, 7) is 6.64. The predicted molar refractivity (Wildman–Crippen MR) is 103 cm³/mol. The molecule has 0 radical (unpaired) electrons. The van der Waals surface area contributed by atoms with Crippen molar-refractivity contribution < 1.29 is 4.79 Å². The maximum Gasteiger partial charge on any atom is 0.241 e. The number of halogens is 1.